The van der Waals surface area contributed by atoms with Crippen molar-refractivity contribution in [2.24, 2.45) is 0 Å². The van der Waals surface area contributed by atoms with Gasteiger partial charge in [-0.15, -0.1) is 11.8 Å². The van der Waals surface area contributed by atoms with Crippen LogP contribution in [0.1, 0.15) is 20.3 Å². The van der Waals surface area contributed by atoms with Crippen LogP contribution < -0.4 is 5.32 Å². The van der Waals surface area contributed by atoms with Crippen molar-refractivity contribution in [2.75, 3.05) is 11.5 Å². The zero-order valence-electron chi connectivity index (χ0n) is 15.3. The highest BCUT2D eigenvalue weighted by Gasteiger charge is 2.62. The van der Waals surface area contributed by atoms with Crippen LogP contribution in [0.25, 0.3) is 0 Å². The van der Waals surface area contributed by atoms with Gasteiger partial charge in [-0.25, -0.2) is 4.79 Å². The van der Waals surface area contributed by atoms with E-state index in [1.807, 2.05) is 0 Å². The molecule has 0 spiro atoms. The fourth-order valence-corrected chi connectivity index (χ4v) is 5.45. The lowest BCUT2D eigenvalue weighted by atomic mass is 9.88. The minimum Gasteiger partial charge on any atom is -0.493 e. The van der Waals surface area contributed by atoms with Crippen LogP contribution in [0.5, 0.6) is 0 Å². The Balaban J connectivity index is 1.72. The van der Waals surface area contributed by atoms with Gasteiger partial charge in [0, 0.05) is 18.4 Å². The van der Waals surface area contributed by atoms with Gasteiger partial charge >= 0.3 is 5.97 Å². The monoisotopic (exact) mass is 424 g/mol. The average molecular weight is 425 g/mol. The first-order valence-corrected chi connectivity index (χ1v) is 10.6. The van der Waals surface area contributed by atoms with E-state index in [2.05, 4.69) is 5.32 Å². The van der Waals surface area contributed by atoms with Crippen LogP contribution in [-0.4, -0.2) is 61.4 Å². The maximum absolute atomic E-state index is 12.8. The van der Waals surface area contributed by atoms with Gasteiger partial charge in [0.25, 0.3) is 5.91 Å². The summed E-state index contributed by atoms with van der Waals surface area (Å²) in [5.74, 6) is -1.43. The van der Waals surface area contributed by atoms with Crippen LogP contribution >= 0.6 is 23.5 Å². The molecule has 1 fully saturated rings. The van der Waals surface area contributed by atoms with Gasteiger partial charge in [0.1, 0.15) is 22.7 Å². The highest BCUT2D eigenvalue weighted by atomic mass is 32.2. The third-order valence-corrected chi connectivity index (χ3v) is 7.00. The Morgan fingerprint density at radius 3 is 2.79 bits per heavy atom. The van der Waals surface area contributed by atoms with Crippen LogP contribution in [0.4, 0.5) is 0 Å². The molecule has 0 radical (unpaired) electrons. The number of thioether (sulfide) groups is 2. The van der Waals surface area contributed by atoms with Gasteiger partial charge < -0.3 is 15.2 Å². The van der Waals surface area contributed by atoms with Crippen LogP contribution in [0.15, 0.2) is 35.8 Å². The number of nitrogens with zero attached hydrogens (tertiary/aromatic N) is 1. The molecular formula is C18H20N2O6S2. The molecule has 0 aromatic carbocycles. The number of carbonyl (C=O) groups excluding carboxylic acids is 3. The standard InChI is InChI=1S/C18H20N2O6S2/c1-10(21)27-8-11-9-28-17-18(2,16(25)20(17)14(11)15(23)24)19-13(22)7-12-5-3-4-6-26-12/h3-6,12,17H,7-9H2,1-2H3,(H,19,22)(H,23,24)/t12?,17-,18+/m1/s1. The highest BCUT2D eigenvalue weighted by Crippen LogP contribution is 2.46. The lowest BCUT2D eigenvalue weighted by Gasteiger charge is -2.56. The van der Waals surface area contributed by atoms with Gasteiger partial charge in [-0.2, -0.15) is 0 Å². The molecule has 3 aliphatic heterocycles. The number of carboxylic acid groups (broad SMARTS) is 1. The normalized spacial score (nSPS) is 28.4. The molecule has 8 nitrogen and oxygen atoms in total. The van der Waals surface area contributed by atoms with Gasteiger partial charge in [-0.3, -0.25) is 19.3 Å². The predicted octanol–water partition coefficient (Wildman–Crippen LogP) is 1.25. The molecule has 0 aromatic rings. The molecule has 1 saturated heterocycles. The van der Waals surface area contributed by atoms with Gasteiger partial charge in [-0.05, 0) is 24.6 Å². The lowest BCUT2D eigenvalue weighted by Crippen LogP contribution is -2.78. The van der Waals surface area contributed by atoms with Gasteiger partial charge in [0.05, 0.1) is 12.7 Å². The summed E-state index contributed by atoms with van der Waals surface area (Å²) in [6.07, 6.45) is 6.39. The first-order chi connectivity index (χ1) is 13.2. The van der Waals surface area contributed by atoms with Crippen LogP contribution in [-0.2, 0) is 23.9 Å². The van der Waals surface area contributed by atoms with Gasteiger partial charge in [0.2, 0.25) is 5.91 Å². The molecule has 2 N–H and O–H groups in total. The molecular weight excluding hydrogens is 404 g/mol. The van der Waals surface area contributed by atoms with Crippen molar-refractivity contribution >= 4 is 46.4 Å². The van der Waals surface area contributed by atoms with Crippen molar-refractivity contribution in [1.82, 2.24) is 10.2 Å². The molecule has 3 atom stereocenters. The van der Waals surface area contributed by atoms with Crippen molar-refractivity contribution in [2.45, 2.75) is 37.3 Å². The molecule has 0 saturated carbocycles. The molecule has 150 valence electrons. The largest absolute Gasteiger partial charge is 0.493 e. The maximum Gasteiger partial charge on any atom is 0.352 e. The summed E-state index contributed by atoms with van der Waals surface area (Å²) in [5.41, 5.74) is -0.739. The summed E-state index contributed by atoms with van der Waals surface area (Å²) >= 11 is 2.39. The fourth-order valence-electron chi connectivity index (χ4n) is 3.27. The SMILES string of the molecule is CC(=O)SCC1=C(C(=O)O)N2C(=O)[C@](C)(NC(=O)CC3C=CC=CO3)[C@H]2SC1. The molecule has 0 aromatic heterocycles. The number of ether oxygens (including phenoxy) is 1. The van der Waals surface area contributed by atoms with E-state index < -0.39 is 28.9 Å². The second-order valence-corrected chi connectivity index (χ2v) is 8.94. The molecule has 28 heavy (non-hydrogen) atoms. The third kappa shape index (κ3) is 3.83. The van der Waals surface area contributed by atoms with E-state index in [0.29, 0.717) is 11.3 Å². The lowest BCUT2D eigenvalue weighted by molar-refractivity contribution is -0.158. The Morgan fingerprint density at radius 2 is 2.18 bits per heavy atom. The van der Waals surface area contributed by atoms with E-state index in [-0.39, 0.29) is 28.9 Å². The number of nitrogens with one attached hydrogen (secondary N) is 1. The Kier molecular flexibility index (Phi) is 5.90. The number of allylic oxidation sites excluding steroid dienone is 2. The number of aliphatic carboxylic acids is 1. The quantitative estimate of drug-likeness (QED) is 0.613. The number of hydrogen-bond acceptors (Lipinski definition) is 7. The third-order valence-electron chi connectivity index (χ3n) is 4.59. The van der Waals surface area contributed by atoms with Crippen molar-refractivity contribution in [1.29, 1.82) is 0 Å². The van der Waals surface area contributed by atoms with Gasteiger partial charge in [-0.1, -0.05) is 17.8 Å². The van der Waals surface area contributed by atoms with Crippen molar-refractivity contribution in [3.8, 4) is 0 Å². The zero-order chi connectivity index (χ0) is 20.5. The molecule has 2 amide bonds. The zero-order valence-corrected chi connectivity index (χ0v) is 17.0. The maximum atomic E-state index is 12.8. The number of rotatable bonds is 6. The molecule has 0 aliphatic carbocycles. The minimum absolute atomic E-state index is 0.0588. The molecule has 3 heterocycles. The summed E-state index contributed by atoms with van der Waals surface area (Å²) in [6.45, 7) is 3.01. The van der Waals surface area contributed by atoms with Crippen molar-refractivity contribution in [3.63, 3.8) is 0 Å². The van der Waals surface area contributed by atoms with Crippen molar-refractivity contribution < 1.29 is 29.0 Å². The Morgan fingerprint density at radius 1 is 1.43 bits per heavy atom. The first kappa shape index (κ1) is 20.5. The summed E-state index contributed by atoms with van der Waals surface area (Å²) in [5, 5.41) is 11.7. The first-order valence-electron chi connectivity index (χ1n) is 8.58. The van der Waals surface area contributed by atoms with E-state index in [9.17, 15) is 24.3 Å². The summed E-state index contributed by atoms with van der Waals surface area (Å²) in [6, 6.07) is 0. The second-order valence-electron chi connectivity index (χ2n) is 6.72. The number of β-lactam (4-membered cyclic amide) rings is 1. The van der Waals surface area contributed by atoms with Crippen LogP contribution in [0, 0.1) is 0 Å². The van der Waals surface area contributed by atoms with Crippen molar-refractivity contribution in [3.05, 3.63) is 35.8 Å². The number of hydrogen-bond donors (Lipinski definition) is 2. The summed E-state index contributed by atoms with van der Waals surface area (Å²) in [7, 11) is 0. The highest BCUT2D eigenvalue weighted by molar-refractivity contribution is 8.13. The fraction of sp³-hybridized carbons (Fsp3) is 0.444. The number of fused-ring (bicyclic) bond motifs is 1. The van der Waals surface area contributed by atoms with Crippen LogP contribution in [0.3, 0.4) is 0 Å². The minimum atomic E-state index is -1.21. The van der Waals surface area contributed by atoms with E-state index in [1.54, 1.807) is 25.2 Å². The summed E-state index contributed by atoms with van der Waals surface area (Å²) in [4.78, 5) is 49.4. The van der Waals surface area contributed by atoms with E-state index in [4.69, 9.17) is 4.74 Å². The Labute approximate surface area is 170 Å². The van der Waals surface area contributed by atoms with Crippen LogP contribution in [0.2, 0.25) is 0 Å². The topological polar surface area (TPSA) is 113 Å². The number of amides is 2. The van der Waals surface area contributed by atoms with E-state index in [0.717, 1.165) is 11.8 Å². The molecule has 3 aliphatic rings. The second kappa shape index (κ2) is 8.04. The average Bonchev–Trinajstić information content (AvgIpc) is 2.65. The number of carboxylic acids is 1. The Bertz CT molecular complexity index is 821. The summed E-state index contributed by atoms with van der Waals surface area (Å²) < 4.78 is 5.31. The molecule has 10 heteroatoms. The molecule has 0 bridgehead atoms. The predicted molar refractivity (Wildman–Crippen MR) is 105 cm³/mol. The number of carbonyl (C=O) groups is 4. The van der Waals surface area contributed by atoms with Gasteiger partial charge in [0.15, 0.2) is 5.12 Å². The van der Waals surface area contributed by atoms with E-state index in [1.165, 1.54) is 29.8 Å². The molecule has 3 rings (SSSR count). The smallest absolute Gasteiger partial charge is 0.352 e. The van der Waals surface area contributed by atoms with E-state index >= 15 is 0 Å². The Hall–Kier alpha value is -2.20. The molecule has 1 unspecified atom stereocenters.